The standard InChI is InChI=1S/C15H30N2O/c1-13(2)9-7-8-11(10-13)17-12(18)14(3,4)15(5,6)16/h11H,7-10,16H2,1-6H3,(H,17,18). The van der Waals surface area contributed by atoms with Gasteiger partial charge in [0.1, 0.15) is 0 Å². The van der Waals surface area contributed by atoms with Gasteiger partial charge in [0.2, 0.25) is 5.91 Å². The summed E-state index contributed by atoms with van der Waals surface area (Å²) in [6.07, 6.45) is 4.62. The van der Waals surface area contributed by atoms with E-state index in [9.17, 15) is 4.79 Å². The zero-order valence-electron chi connectivity index (χ0n) is 12.9. The lowest BCUT2D eigenvalue weighted by Crippen LogP contribution is -2.57. The van der Waals surface area contributed by atoms with Crippen molar-refractivity contribution in [3.8, 4) is 0 Å². The smallest absolute Gasteiger partial charge is 0.227 e. The fourth-order valence-corrected chi connectivity index (χ4v) is 2.48. The number of rotatable bonds is 3. The number of hydrogen-bond acceptors (Lipinski definition) is 2. The van der Waals surface area contributed by atoms with E-state index in [0.29, 0.717) is 11.5 Å². The SMILES string of the molecule is CC1(C)CCCC(NC(=O)C(C)(C)C(C)(C)N)C1. The summed E-state index contributed by atoms with van der Waals surface area (Å²) in [4.78, 5) is 12.4. The molecule has 1 rings (SSSR count). The normalized spacial score (nSPS) is 24.7. The van der Waals surface area contributed by atoms with Crippen molar-refractivity contribution in [2.24, 2.45) is 16.6 Å². The predicted molar refractivity (Wildman–Crippen MR) is 76.2 cm³/mol. The van der Waals surface area contributed by atoms with Gasteiger partial charge >= 0.3 is 0 Å². The van der Waals surface area contributed by atoms with Crippen LogP contribution in [0.25, 0.3) is 0 Å². The largest absolute Gasteiger partial charge is 0.353 e. The van der Waals surface area contributed by atoms with E-state index in [1.807, 2.05) is 27.7 Å². The average Bonchev–Trinajstić information content (AvgIpc) is 2.13. The molecule has 1 atom stereocenters. The number of amides is 1. The van der Waals surface area contributed by atoms with Gasteiger partial charge in [0.05, 0.1) is 5.41 Å². The topological polar surface area (TPSA) is 55.1 Å². The molecule has 0 aliphatic heterocycles. The van der Waals surface area contributed by atoms with Gasteiger partial charge in [-0.15, -0.1) is 0 Å². The first-order valence-electron chi connectivity index (χ1n) is 7.06. The monoisotopic (exact) mass is 254 g/mol. The minimum atomic E-state index is -0.547. The predicted octanol–water partition coefficient (Wildman–Crippen LogP) is 2.83. The summed E-state index contributed by atoms with van der Waals surface area (Å²) in [5.41, 5.74) is 5.40. The number of nitrogens with one attached hydrogen (secondary N) is 1. The molecule has 1 aliphatic rings. The summed E-state index contributed by atoms with van der Waals surface area (Å²) in [5, 5.41) is 3.20. The molecular weight excluding hydrogens is 224 g/mol. The summed E-state index contributed by atoms with van der Waals surface area (Å²) < 4.78 is 0. The third-order valence-corrected chi connectivity index (χ3v) is 4.72. The summed E-state index contributed by atoms with van der Waals surface area (Å²) in [5.74, 6) is 0.0812. The Morgan fingerprint density at radius 3 is 2.28 bits per heavy atom. The Labute approximate surface area is 112 Å². The van der Waals surface area contributed by atoms with Gasteiger partial charge in [-0.3, -0.25) is 4.79 Å². The summed E-state index contributed by atoms with van der Waals surface area (Å²) in [6.45, 7) is 12.2. The van der Waals surface area contributed by atoms with Crippen LogP contribution in [0, 0.1) is 10.8 Å². The van der Waals surface area contributed by atoms with Crippen LogP contribution in [-0.4, -0.2) is 17.5 Å². The lowest BCUT2D eigenvalue weighted by Gasteiger charge is -2.40. The zero-order chi connectivity index (χ0) is 14.2. The number of hydrogen-bond donors (Lipinski definition) is 2. The van der Waals surface area contributed by atoms with Gasteiger partial charge in [-0.05, 0) is 52.4 Å². The second-order valence-corrected chi connectivity index (χ2v) is 7.78. The van der Waals surface area contributed by atoms with Crippen molar-refractivity contribution < 1.29 is 4.79 Å². The molecule has 0 aromatic rings. The first-order valence-corrected chi connectivity index (χ1v) is 7.06. The molecule has 1 fully saturated rings. The van der Waals surface area contributed by atoms with Crippen LogP contribution in [0.3, 0.4) is 0 Å². The molecule has 3 N–H and O–H groups in total. The molecule has 0 spiro atoms. The van der Waals surface area contributed by atoms with E-state index < -0.39 is 11.0 Å². The first-order chi connectivity index (χ1) is 7.96. The molecule has 1 aliphatic carbocycles. The molecule has 1 unspecified atom stereocenters. The van der Waals surface area contributed by atoms with Gasteiger partial charge in [-0.25, -0.2) is 0 Å². The molecule has 1 amide bonds. The Morgan fingerprint density at radius 2 is 1.83 bits per heavy atom. The second-order valence-electron chi connectivity index (χ2n) is 7.78. The van der Waals surface area contributed by atoms with Gasteiger partial charge in [0.25, 0.3) is 0 Å². The van der Waals surface area contributed by atoms with Crippen LogP contribution in [0.15, 0.2) is 0 Å². The highest BCUT2D eigenvalue weighted by Crippen LogP contribution is 2.36. The minimum absolute atomic E-state index is 0.0812. The maximum Gasteiger partial charge on any atom is 0.227 e. The summed E-state index contributed by atoms with van der Waals surface area (Å²) >= 11 is 0. The number of carbonyl (C=O) groups excluding carboxylic acids is 1. The highest BCUT2D eigenvalue weighted by molar-refractivity contribution is 5.83. The Balaban J connectivity index is 2.65. The van der Waals surface area contributed by atoms with Crippen molar-refractivity contribution in [2.75, 3.05) is 0 Å². The Hall–Kier alpha value is -0.570. The van der Waals surface area contributed by atoms with Gasteiger partial charge in [-0.1, -0.05) is 20.3 Å². The lowest BCUT2D eigenvalue weighted by molar-refractivity contribution is -0.133. The van der Waals surface area contributed by atoms with E-state index in [-0.39, 0.29) is 5.91 Å². The highest BCUT2D eigenvalue weighted by Gasteiger charge is 2.41. The van der Waals surface area contributed by atoms with Gasteiger partial charge in [0, 0.05) is 11.6 Å². The summed E-state index contributed by atoms with van der Waals surface area (Å²) in [6, 6.07) is 0.308. The maximum absolute atomic E-state index is 12.4. The molecule has 0 saturated heterocycles. The highest BCUT2D eigenvalue weighted by atomic mass is 16.2. The molecule has 1 saturated carbocycles. The number of carbonyl (C=O) groups is 1. The summed E-state index contributed by atoms with van der Waals surface area (Å²) in [7, 11) is 0. The zero-order valence-corrected chi connectivity index (χ0v) is 12.9. The third kappa shape index (κ3) is 3.47. The molecular formula is C15H30N2O. The van der Waals surface area contributed by atoms with Crippen molar-refractivity contribution >= 4 is 5.91 Å². The molecule has 0 aromatic carbocycles. The van der Waals surface area contributed by atoms with Gasteiger partial charge in [0.15, 0.2) is 0 Å². The van der Waals surface area contributed by atoms with Crippen LogP contribution < -0.4 is 11.1 Å². The molecule has 0 bridgehead atoms. The van der Waals surface area contributed by atoms with Crippen LogP contribution in [0.2, 0.25) is 0 Å². The Kier molecular flexibility index (Phi) is 4.16. The fraction of sp³-hybridized carbons (Fsp3) is 0.933. The van der Waals surface area contributed by atoms with E-state index in [2.05, 4.69) is 19.2 Å². The van der Waals surface area contributed by atoms with Crippen LogP contribution in [0.1, 0.15) is 67.2 Å². The van der Waals surface area contributed by atoms with Crippen molar-refractivity contribution in [1.82, 2.24) is 5.32 Å². The molecule has 3 nitrogen and oxygen atoms in total. The van der Waals surface area contributed by atoms with E-state index in [0.717, 1.165) is 12.8 Å². The Morgan fingerprint density at radius 1 is 1.28 bits per heavy atom. The molecule has 18 heavy (non-hydrogen) atoms. The molecule has 3 heteroatoms. The van der Waals surface area contributed by atoms with Crippen LogP contribution in [0.4, 0.5) is 0 Å². The van der Waals surface area contributed by atoms with Crippen molar-refractivity contribution in [1.29, 1.82) is 0 Å². The molecule has 0 radical (unpaired) electrons. The van der Waals surface area contributed by atoms with Crippen molar-refractivity contribution in [3.63, 3.8) is 0 Å². The molecule has 0 heterocycles. The minimum Gasteiger partial charge on any atom is -0.353 e. The van der Waals surface area contributed by atoms with E-state index in [4.69, 9.17) is 5.73 Å². The first kappa shape index (κ1) is 15.5. The maximum atomic E-state index is 12.4. The Bertz CT molecular complexity index is 313. The van der Waals surface area contributed by atoms with Crippen LogP contribution >= 0.6 is 0 Å². The van der Waals surface area contributed by atoms with E-state index >= 15 is 0 Å². The van der Waals surface area contributed by atoms with Crippen molar-refractivity contribution in [3.05, 3.63) is 0 Å². The number of nitrogens with two attached hydrogens (primary N) is 1. The van der Waals surface area contributed by atoms with Crippen molar-refractivity contribution in [2.45, 2.75) is 78.8 Å². The lowest BCUT2D eigenvalue weighted by atomic mass is 9.72. The quantitative estimate of drug-likeness (QED) is 0.813. The average molecular weight is 254 g/mol. The fourth-order valence-electron chi connectivity index (χ4n) is 2.48. The van der Waals surface area contributed by atoms with Crippen LogP contribution in [0.5, 0.6) is 0 Å². The molecule has 0 aromatic heterocycles. The third-order valence-electron chi connectivity index (χ3n) is 4.72. The van der Waals surface area contributed by atoms with E-state index in [1.165, 1.54) is 12.8 Å². The van der Waals surface area contributed by atoms with Gasteiger partial charge < -0.3 is 11.1 Å². The molecule has 106 valence electrons. The van der Waals surface area contributed by atoms with E-state index in [1.54, 1.807) is 0 Å². The van der Waals surface area contributed by atoms with Gasteiger partial charge in [-0.2, -0.15) is 0 Å². The van der Waals surface area contributed by atoms with Crippen LogP contribution in [-0.2, 0) is 4.79 Å². The second kappa shape index (κ2) is 4.84.